The maximum atomic E-state index is 12.6. The van der Waals surface area contributed by atoms with E-state index in [4.69, 9.17) is 9.05 Å². The summed E-state index contributed by atoms with van der Waals surface area (Å²) in [6.45, 7) is 3.95. The maximum Gasteiger partial charge on any atom is 0.461 e. The monoisotopic (exact) mass is 266 g/mol. The molecule has 0 aromatic heterocycles. The van der Waals surface area contributed by atoms with Crippen LogP contribution in [0.25, 0.3) is 0 Å². The van der Waals surface area contributed by atoms with Gasteiger partial charge in [-0.05, 0) is 37.1 Å². The van der Waals surface area contributed by atoms with Crippen molar-refractivity contribution in [3.8, 4) is 0 Å². The van der Waals surface area contributed by atoms with Gasteiger partial charge in [0.2, 0.25) is 0 Å². The fourth-order valence-electron chi connectivity index (χ4n) is 1.20. The van der Waals surface area contributed by atoms with E-state index >= 15 is 0 Å². The lowest BCUT2D eigenvalue weighted by Crippen LogP contribution is -2.06. The van der Waals surface area contributed by atoms with Crippen LogP contribution in [0.3, 0.4) is 0 Å². The highest BCUT2D eigenvalue weighted by molar-refractivity contribution is 7.62. The zero-order valence-corrected chi connectivity index (χ0v) is 11.7. The molecule has 3 nitrogen and oxygen atoms in total. The summed E-state index contributed by atoms with van der Waals surface area (Å²) in [5, 5.41) is 0.548. The van der Waals surface area contributed by atoms with Crippen LogP contribution < -0.4 is 5.30 Å². The van der Waals surface area contributed by atoms with Crippen molar-refractivity contribution in [3.63, 3.8) is 0 Å². The van der Waals surface area contributed by atoms with E-state index < -0.39 is 7.60 Å². The van der Waals surface area contributed by atoms with Gasteiger partial charge in [-0.15, -0.1) is 0 Å². The van der Waals surface area contributed by atoms with Crippen molar-refractivity contribution in [2.24, 2.45) is 0 Å². The molecule has 0 unspecified atom stereocenters. The average molecular weight is 266 g/mol. The van der Waals surface area contributed by atoms with Crippen molar-refractivity contribution in [1.82, 2.24) is 0 Å². The Labute approximate surface area is 109 Å². The highest BCUT2D eigenvalue weighted by Gasteiger charge is 2.27. The molecule has 1 rings (SSSR count). The second kappa shape index (κ2) is 7.78. The van der Waals surface area contributed by atoms with Gasteiger partial charge in [0, 0.05) is 0 Å². The quantitative estimate of drug-likeness (QED) is 0.542. The first-order chi connectivity index (χ1) is 8.73. The second-order valence-electron chi connectivity index (χ2n) is 3.60. The highest BCUT2D eigenvalue weighted by Crippen LogP contribution is 2.47. The van der Waals surface area contributed by atoms with Crippen molar-refractivity contribution in [1.29, 1.82) is 0 Å². The number of hydrogen-bond acceptors (Lipinski definition) is 3. The predicted octanol–water partition coefficient (Wildman–Crippen LogP) is 4.39. The van der Waals surface area contributed by atoms with E-state index in [1.807, 2.05) is 32.0 Å². The van der Waals surface area contributed by atoms with Crippen LogP contribution >= 0.6 is 7.60 Å². The molecule has 98 valence electrons. The van der Waals surface area contributed by atoms with Gasteiger partial charge >= 0.3 is 7.60 Å². The van der Waals surface area contributed by atoms with Crippen LogP contribution in [0.2, 0.25) is 0 Å². The normalized spacial score (nSPS) is 14.8. The first-order valence-corrected chi connectivity index (χ1v) is 7.59. The molecule has 0 heterocycles. The molecule has 0 atom stereocenters. The Bertz CT molecular complexity index is 418. The Morgan fingerprint density at radius 3 is 1.94 bits per heavy atom. The zero-order valence-electron chi connectivity index (χ0n) is 10.8. The fraction of sp³-hybridized carbons (Fsp3) is 0.286. The SMILES string of the molecule is CCC=COP(=O)(OC=CCC)c1ccccc1. The van der Waals surface area contributed by atoms with Crippen LogP contribution in [0.5, 0.6) is 0 Å². The van der Waals surface area contributed by atoms with E-state index in [2.05, 4.69) is 0 Å². The highest BCUT2D eigenvalue weighted by atomic mass is 31.2. The van der Waals surface area contributed by atoms with Crippen molar-refractivity contribution in [2.75, 3.05) is 0 Å². The molecule has 4 heteroatoms. The Morgan fingerprint density at radius 2 is 1.50 bits per heavy atom. The molecular weight excluding hydrogens is 247 g/mol. The second-order valence-corrected chi connectivity index (χ2v) is 5.54. The fourth-order valence-corrected chi connectivity index (χ4v) is 2.52. The smallest absolute Gasteiger partial charge is 0.421 e. The molecule has 0 bridgehead atoms. The number of rotatable bonds is 7. The zero-order chi connectivity index (χ0) is 13.3. The van der Waals surface area contributed by atoms with Crippen LogP contribution in [0.4, 0.5) is 0 Å². The molecule has 0 aliphatic heterocycles. The summed E-state index contributed by atoms with van der Waals surface area (Å²) in [6.07, 6.45) is 8.10. The predicted molar refractivity (Wildman–Crippen MR) is 74.7 cm³/mol. The van der Waals surface area contributed by atoms with E-state index in [9.17, 15) is 4.57 Å². The lowest BCUT2D eigenvalue weighted by molar-refractivity contribution is 0.338. The third kappa shape index (κ3) is 4.42. The summed E-state index contributed by atoms with van der Waals surface area (Å²) in [4.78, 5) is 0. The molecular formula is C14H19O3P. The van der Waals surface area contributed by atoms with Crippen LogP contribution in [-0.2, 0) is 13.6 Å². The minimum atomic E-state index is -3.30. The van der Waals surface area contributed by atoms with E-state index in [0.29, 0.717) is 5.30 Å². The summed E-state index contributed by atoms with van der Waals surface area (Å²) in [5.41, 5.74) is 0. The van der Waals surface area contributed by atoms with Gasteiger partial charge in [-0.2, -0.15) is 0 Å². The standard InChI is InChI=1S/C14H19O3P/c1-3-5-12-16-18(15,17-13-6-4-2)14-10-8-7-9-11-14/h5-13H,3-4H2,1-2H3. The molecule has 0 radical (unpaired) electrons. The Kier molecular flexibility index (Phi) is 6.31. The average Bonchev–Trinajstić information content (AvgIpc) is 2.40. The van der Waals surface area contributed by atoms with E-state index in [0.717, 1.165) is 12.8 Å². The summed E-state index contributed by atoms with van der Waals surface area (Å²) in [5.74, 6) is 0. The van der Waals surface area contributed by atoms with Crippen molar-refractivity contribution >= 4 is 12.9 Å². The van der Waals surface area contributed by atoms with Gasteiger partial charge in [-0.1, -0.05) is 32.0 Å². The van der Waals surface area contributed by atoms with Crippen LogP contribution in [-0.4, -0.2) is 0 Å². The largest absolute Gasteiger partial charge is 0.461 e. The molecule has 0 aliphatic carbocycles. The topological polar surface area (TPSA) is 35.5 Å². The minimum absolute atomic E-state index is 0.548. The first-order valence-electron chi connectivity index (χ1n) is 6.05. The summed E-state index contributed by atoms with van der Waals surface area (Å²) >= 11 is 0. The Balaban J connectivity index is 2.90. The van der Waals surface area contributed by atoms with Gasteiger partial charge in [0.1, 0.15) is 0 Å². The van der Waals surface area contributed by atoms with E-state index in [-0.39, 0.29) is 0 Å². The third-order valence-corrected chi connectivity index (χ3v) is 3.86. The van der Waals surface area contributed by atoms with Crippen molar-refractivity contribution in [2.45, 2.75) is 26.7 Å². The Morgan fingerprint density at radius 1 is 1.00 bits per heavy atom. The van der Waals surface area contributed by atoms with Gasteiger partial charge in [-0.3, -0.25) is 0 Å². The molecule has 0 fully saturated rings. The maximum absolute atomic E-state index is 12.6. The lowest BCUT2D eigenvalue weighted by Gasteiger charge is -2.15. The van der Waals surface area contributed by atoms with Crippen LogP contribution in [0.15, 0.2) is 55.0 Å². The minimum Gasteiger partial charge on any atom is -0.421 e. The summed E-state index contributed by atoms with van der Waals surface area (Å²) in [6, 6.07) is 8.95. The van der Waals surface area contributed by atoms with Gasteiger partial charge in [0.25, 0.3) is 0 Å². The van der Waals surface area contributed by atoms with Gasteiger partial charge in [0.15, 0.2) is 0 Å². The van der Waals surface area contributed by atoms with Gasteiger partial charge in [0.05, 0.1) is 17.8 Å². The Hall–Kier alpha value is -1.47. The lowest BCUT2D eigenvalue weighted by atomic mass is 10.4. The molecule has 0 saturated heterocycles. The third-order valence-electron chi connectivity index (χ3n) is 2.14. The molecule has 0 N–H and O–H groups in total. The number of allylic oxidation sites excluding steroid dienone is 2. The van der Waals surface area contributed by atoms with E-state index in [1.54, 1.807) is 24.3 Å². The van der Waals surface area contributed by atoms with E-state index in [1.165, 1.54) is 12.5 Å². The van der Waals surface area contributed by atoms with Crippen LogP contribution in [0.1, 0.15) is 26.7 Å². The summed E-state index contributed by atoms with van der Waals surface area (Å²) in [7, 11) is -3.30. The molecule has 0 spiro atoms. The summed E-state index contributed by atoms with van der Waals surface area (Å²) < 4.78 is 23.2. The molecule has 0 amide bonds. The molecule has 18 heavy (non-hydrogen) atoms. The molecule has 0 aliphatic rings. The van der Waals surface area contributed by atoms with Gasteiger partial charge < -0.3 is 9.05 Å². The van der Waals surface area contributed by atoms with Crippen molar-refractivity contribution < 1.29 is 13.6 Å². The number of benzene rings is 1. The molecule has 1 aromatic carbocycles. The number of hydrogen-bond donors (Lipinski definition) is 0. The molecule has 0 saturated carbocycles. The first kappa shape index (κ1) is 14.6. The molecule has 1 aromatic rings. The van der Waals surface area contributed by atoms with Gasteiger partial charge in [-0.25, -0.2) is 4.57 Å². The van der Waals surface area contributed by atoms with Crippen LogP contribution in [0, 0.1) is 0 Å². The van der Waals surface area contributed by atoms with Crippen molar-refractivity contribution in [3.05, 3.63) is 55.0 Å².